The highest BCUT2D eigenvalue weighted by atomic mass is 19.1. The number of hydrogen-bond donors (Lipinski definition) is 2. The highest BCUT2D eigenvalue weighted by Crippen LogP contribution is 2.29. The van der Waals surface area contributed by atoms with Crippen LogP contribution < -0.4 is 5.32 Å². The smallest absolute Gasteiger partial charge is 0.273 e. The number of benzene rings is 2. The van der Waals surface area contributed by atoms with Crippen molar-refractivity contribution < 1.29 is 9.18 Å². The van der Waals surface area contributed by atoms with E-state index < -0.39 is 0 Å². The summed E-state index contributed by atoms with van der Waals surface area (Å²) in [5, 5.41) is 9.90. The number of aromatic amines is 1. The third kappa shape index (κ3) is 3.50. The molecule has 0 spiro atoms. The minimum absolute atomic E-state index is 0.299. The number of aromatic nitrogens is 4. The molecule has 2 N–H and O–H groups in total. The minimum Gasteiger partial charge on any atom is -0.334 e. The Labute approximate surface area is 172 Å². The molecule has 0 aliphatic carbocycles. The number of hydrogen-bond acceptors (Lipinski definition) is 3. The third-order valence-corrected chi connectivity index (χ3v) is 5.32. The van der Waals surface area contributed by atoms with Crippen LogP contribution in [0.2, 0.25) is 0 Å². The highest BCUT2D eigenvalue weighted by Gasteiger charge is 2.17. The number of imidazole rings is 1. The van der Waals surface area contributed by atoms with Crippen LogP contribution in [0.3, 0.4) is 0 Å². The predicted molar refractivity (Wildman–Crippen MR) is 113 cm³/mol. The number of fused-ring (bicyclic) bond motifs is 1. The largest absolute Gasteiger partial charge is 0.334 e. The summed E-state index contributed by atoms with van der Waals surface area (Å²) < 4.78 is 15.3. The Morgan fingerprint density at radius 2 is 1.90 bits per heavy atom. The van der Waals surface area contributed by atoms with Gasteiger partial charge < -0.3 is 9.88 Å². The van der Waals surface area contributed by atoms with Crippen LogP contribution in [0.15, 0.2) is 60.8 Å². The average Bonchev–Trinajstić information content (AvgIpc) is 3.42. The standard InChI is InChI=1S/C23H20FN5O/c24-16-10-8-15(9-11-16)19-13-20(28-27-19)23(30)26-18-6-2-1-5-17(18)21-14-29-12-4-3-7-22(29)25-21/h1-2,5-6,8-11,13-14H,3-4,7,12H2,(H,26,30)(H,27,28). The molecular formula is C23H20FN5O. The van der Waals surface area contributed by atoms with Crippen LogP contribution in [-0.4, -0.2) is 25.7 Å². The molecule has 2 aromatic carbocycles. The summed E-state index contributed by atoms with van der Waals surface area (Å²) in [5.74, 6) is 0.479. The Balaban J connectivity index is 1.39. The van der Waals surface area contributed by atoms with Gasteiger partial charge in [0.15, 0.2) is 0 Å². The summed E-state index contributed by atoms with van der Waals surface area (Å²) in [6.07, 6.45) is 5.36. The van der Waals surface area contributed by atoms with Gasteiger partial charge in [-0.15, -0.1) is 0 Å². The Hall–Kier alpha value is -3.74. The van der Waals surface area contributed by atoms with Crippen molar-refractivity contribution >= 4 is 11.6 Å². The number of amides is 1. The molecule has 0 saturated heterocycles. The van der Waals surface area contributed by atoms with Crippen molar-refractivity contribution in [2.24, 2.45) is 0 Å². The minimum atomic E-state index is -0.315. The zero-order chi connectivity index (χ0) is 20.5. The number of nitrogens with one attached hydrogen (secondary N) is 2. The van der Waals surface area contributed by atoms with E-state index >= 15 is 0 Å². The Morgan fingerprint density at radius 3 is 2.73 bits per heavy atom. The van der Waals surface area contributed by atoms with Gasteiger partial charge in [0.1, 0.15) is 17.3 Å². The fraction of sp³-hybridized carbons (Fsp3) is 0.174. The second-order valence-corrected chi connectivity index (χ2v) is 7.37. The molecule has 1 aliphatic heterocycles. The number of rotatable bonds is 4. The lowest BCUT2D eigenvalue weighted by molar-refractivity contribution is 0.102. The van der Waals surface area contributed by atoms with Crippen molar-refractivity contribution in [3.05, 3.63) is 78.1 Å². The molecule has 150 valence electrons. The molecule has 3 heterocycles. The first kappa shape index (κ1) is 18.3. The van der Waals surface area contributed by atoms with Crippen molar-refractivity contribution in [2.45, 2.75) is 25.8 Å². The molecule has 1 amide bonds. The van der Waals surface area contributed by atoms with Gasteiger partial charge in [0.2, 0.25) is 0 Å². The molecule has 30 heavy (non-hydrogen) atoms. The fourth-order valence-electron chi connectivity index (χ4n) is 3.75. The van der Waals surface area contributed by atoms with E-state index in [-0.39, 0.29) is 11.7 Å². The Morgan fingerprint density at radius 1 is 1.07 bits per heavy atom. The zero-order valence-corrected chi connectivity index (χ0v) is 16.2. The summed E-state index contributed by atoms with van der Waals surface area (Å²) in [6.45, 7) is 0.983. The normalized spacial score (nSPS) is 13.1. The molecule has 6 nitrogen and oxygen atoms in total. The maximum absolute atomic E-state index is 13.1. The van der Waals surface area contributed by atoms with E-state index in [4.69, 9.17) is 4.98 Å². The number of aryl methyl sites for hydroxylation is 2. The lowest BCUT2D eigenvalue weighted by Crippen LogP contribution is -2.13. The number of carbonyl (C=O) groups excluding carboxylic acids is 1. The second kappa shape index (κ2) is 7.59. The first-order valence-corrected chi connectivity index (χ1v) is 9.95. The molecule has 0 saturated carbocycles. The summed E-state index contributed by atoms with van der Waals surface area (Å²) in [5.41, 5.74) is 4.07. The lowest BCUT2D eigenvalue weighted by Gasteiger charge is -2.11. The fourth-order valence-corrected chi connectivity index (χ4v) is 3.75. The van der Waals surface area contributed by atoms with Crippen molar-refractivity contribution in [1.29, 1.82) is 0 Å². The van der Waals surface area contributed by atoms with Crippen molar-refractivity contribution in [1.82, 2.24) is 19.7 Å². The molecule has 0 radical (unpaired) electrons. The van der Waals surface area contributed by atoms with Crippen LogP contribution in [-0.2, 0) is 13.0 Å². The maximum Gasteiger partial charge on any atom is 0.273 e. The lowest BCUT2D eigenvalue weighted by atomic mass is 10.1. The number of halogens is 1. The monoisotopic (exact) mass is 401 g/mol. The number of para-hydroxylation sites is 1. The van der Waals surface area contributed by atoms with Crippen molar-refractivity contribution in [2.75, 3.05) is 5.32 Å². The van der Waals surface area contributed by atoms with E-state index in [0.29, 0.717) is 17.1 Å². The molecule has 2 aromatic heterocycles. The van der Waals surface area contributed by atoms with Crippen LogP contribution in [0, 0.1) is 5.82 Å². The summed E-state index contributed by atoms with van der Waals surface area (Å²) >= 11 is 0. The van der Waals surface area contributed by atoms with Crippen LogP contribution >= 0.6 is 0 Å². The molecule has 0 bridgehead atoms. The van der Waals surface area contributed by atoms with Gasteiger partial charge in [-0.05, 0) is 49.2 Å². The molecule has 7 heteroatoms. The van der Waals surface area contributed by atoms with Crippen LogP contribution in [0.1, 0.15) is 29.2 Å². The third-order valence-electron chi connectivity index (χ3n) is 5.32. The molecule has 5 rings (SSSR count). The zero-order valence-electron chi connectivity index (χ0n) is 16.2. The first-order valence-electron chi connectivity index (χ1n) is 9.95. The number of H-pyrrole nitrogens is 1. The van der Waals surface area contributed by atoms with E-state index in [0.717, 1.165) is 48.5 Å². The molecule has 4 aromatic rings. The van der Waals surface area contributed by atoms with E-state index in [9.17, 15) is 9.18 Å². The van der Waals surface area contributed by atoms with E-state index in [1.807, 2.05) is 24.3 Å². The Bertz CT molecular complexity index is 1190. The van der Waals surface area contributed by atoms with Gasteiger partial charge in [-0.25, -0.2) is 9.37 Å². The van der Waals surface area contributed by atoms with Crippen LogP contribution in [0.4, 0.5) is 10.1 Å². The van der Waals surface area contributed by atoms with Crippen molar-refractivity contribution in [3.8, 4) is 22.5 Å². The average molecular weight is 401 g/mol. The molecule has 0 atom stereocenters. The molecule has 0 fully saturated rings. The predicted octanol–water partition coefficient (Wildman–Crippen LogP) is 4.67. The van der Waals surface area contributed by atoms with E-state index in [2.05, 4.69) is 26.3 Å². The second-order valence-electron chi connectivity index (χ2n) is 7.37. The first-order chi connectivity index (χ1) is 14.7. The number of nitrogens with zero attached hydrogens (tertiary/aromatic N) is 3. The topological polar surface area (TPSA) is 75.6 Å². The molecular weight excluding hydrogens is 381 g/mol. The highest BCUT2D eigenvalue weighted by molar-refractivity contribution is 6.05. The van der Waals surface area contributed by atoms with Gasteiger partial charge in [-0.3, -0.25) is 9.89 Å². The van der Waals surface area contributed by atoms with E-state index in [1.165, 1.54) is 12.1 Å². The maximum atomic E-state index is 13.1. The van der Waals surface area contributed by atoms with E-state index in [1.54, 1.807) is 18.2 Å². The Kier molecular flexibility index (Phi) is 4.63. The van der Waals surface area contributed by atoms with Crippen molar-refractivity contribution in [3.63, 3.8) is 0 Å². The molecule has 1 aliphatic rings. The number of carbonyl (C=O) groups is 1. The van der Waals surface area contributed by atoms with Crippen LogP contribution in [0.25, 0.3) is 22.5 Å². The van der Waals surface area contributed by atoms with Gasteiger partial charge in [-0.2, -0.15) is 5.10 Å². The summed E-state index contributed by atoms with van der Waals surface area (Å²) in [4.78, 5) is 17.6. The summed E-state index contributed by atoms with van der Waals surface area (Å²) in [7, 11) is 0. The van der Waals surface area contributed by atoms with Gasteiger partial charge in [0, 0.05) is 30.3 Å². The SMILES string of the molecule is O=C(Nc1ccccc1-c1cn2c(n1)CCCC2)c1cc(-c2ccc(F)cc2)n[nH]1. The summed E-state index contributed by atoms with van der Waals surface area (Å²) in [6, 6.07) is 15.3. The quantitative estimate of drug-likeness (QED) is 0.522. The van der Waals surface area contributed by atoms with Crippen LogP contribution in [0.5, 0.6) is 0 Å². The van der Waals surface area contributed by atoms with Gasteiger partial charge in [-0.1, -0.05) is 18.2 Å². The van der Waals surface area contributed by atoms with Gasteiger partial charge in [0.05, 0.1) is 17.1 Å². The number of anilines is 1. The molecule has 0 unspecified atom stereocenters. The van der Waals surface area contributed by atoms with Gasteiger partial charge >= 0.3 is 0 Å². The van der Waals surface area contributed by atoms with Gasteiger partial charge in [0.25, 0.3) is 5.91 Å².